The third-order valence-corrected chi connectivity index (χ3v) is 15.5. The predicted octanol–water partition coefficient (Wildman–Crippen LogP) is 7.00. The fourth-order valence-electron chi connectivity index (χ4n) is 2.09. The second kappa shape index (κ2) is 14.8. The Morgan fingerprint density at radius 1 is 0.694 bits per heavy atom. The van der Waals surface area contributed by atoms with Gasteiger partial charge in [0.1, 0.15) is 25.4 Å². The molecule has 0 rings (SSSR count). The van der Waals surface area contributed by atoms with Crippen LogP contribution in [0.25, 0.3) is 0 Å². The van der Waals surface area contributed by atoms with Gasteiger partial charge in [0.05, 0.1) is 13.2 Å². The Morgan fingerprint density at radius 2 is 1.00 bits per heavy atom. The molecule has 0 saturated carbocycles. The molecule has 0 saturated heterocycles. The third-order valence-electron chi connectivity index (χ3n) is 6.50. The van der Waals surface area contributed by atoms with Crippen LogP contribution in [-0.4, -0.2) is 67.6 Å². The van der Waals surface area contributed by atoms with E-state index in [1.165, 1.54) is 12.2 Å². The van der Waals surface area contributed by atoms with Crippen molar-refractivity contribution in [3.05, 3.63) is 37.5 Å². The highest BCUT2D eigenvalue weighted by Gasteiger charge is 2.39. The molecule has 8 nitrogen and oxygen atoms in total. The third kappa shape index (κ3) is 12.9. The topological polar surface area (TPSA) is 89.5 Å². The van der Waals surface area contributed by atoms with Crippen LogP contribution in [0.3, 0.4) is 0 Å². The Bertz CT molecular complexity index is 686. The summed E-state index contributed by atoms with van der Waals surface area (Å²) in [5, 5.41) is -0.0512. The minimum Gasteiger partial charge on any atom is -0.430 e. The lowest BCUT2D eigenvalue weighted by Crippen LogP contribution is -2.43. The molecule has 0 aromatic rings. The Hall–Kier alpha value is -1.89. The zero-order valence-electron chi connectivity index (χ0n) is 24.0. The van der Waals surface area contributed by atoms with Gasteiger partial charge in [0, 0.05) is 0 Å². The maximum atomic E-state index is 12.1. The smallest absolute Gasteiger partial charge is 0.430 e. The van der Waals surface area contributed by atoms with Crippen LogP contribution in [0.1, 0.15) is 41.5 Å². The van der Waals surface area contributed by atoms with E-state index in [-0.39, 0.29) is 36.5 Å². The molecule has 0 heterocycles. The largest absolute Gasteiger partial charge is 0.509 e. The van der Waals surface area contributed by atoms with Crippen LogP contribution in [0.4, 0.5) is 9.59 Å². The van der Waals surface area contributed by atoms with Crippen molar-refractivity contribution in [3.8, 4) is 0 Å². The first-order chi connectivity index (χ1) is 16.4. The molecule has 0 aromatic carbocycles. The summed E-state index contributed by atoms with van der Waals surface area (Å²) in [6.45, 7) is 28.6. The number of hydrogen-bond donors (Lipinski definition) is 0. The molecule has 0 radical (unpaired) electrons. The highest BCUT2D eigenvalue weighted by atomic mass is 28.4. The molecule has 10 heteroatoms. The zero-order valence-corrected chi connectivity index (χ0v) is 26.0. The lowest BCUT2D eigenvalue weighted by Gasteiger charge is -2.37. The van der Waals surface area contributed by atoms with Crippen LogP contribution < -0.4 is 0 Å². The van der Waals surface area contributed by atoms with E-state index >= 15 is 0 Å². The Labute approximate surface area is 220 Å². The summed E-state index contributed by atoms with van der Waals surface area (Å²) in [6, 6.07) is 0. The first kappa shape index (κ1) is 34.1. The first-order valence-corrected chi connectivity index (χ1v) is 18.0. The van der Waals surface area contributed by atoms with E-state index in [0.717, 1.165) is 0 Å². The average molecular weight is 545 g/mol. The summed E-state index contributed by atoms with van der Waals surface area (Å²) in [7, 11) is -4.24. The molecule has 0 aliphatic heterocycles. The molecular formula is C26H48O8Si2. The van der Waals surface area contributed by atoms with Crippen molar-refractivity contribution in [1.29, 1.82) is 0 Å². The van der Waals surface area contributed by atoms with Crippen molar-refractivity contribution < 1.29 is 37.4 Å². The molecule has 0 aliphatic rings. The molecule has 208 valence electrons. The molecule has 0 amide bonds. The van der Waals surface area contributed by atoms with Crippen LogP contribution in [-0.2, 0) is 27.8 Å². The Kier molecular flexibility index (Phi) is 14.0. The predicted molar refractivity (Wildman–Crippen MR) is 148 cm³/mol. The van der Waals surface area contributed by atoms with Crippen molar-refractivity contribution in [2.75, 3.05) is 26.4 Å². The summed E-state index contributed by atoms with van der Waals surface area (Å²) < 4.78 is 33.4. The van der Waals surface area contributed by atoms with Crippen molar-refractivity contribution in [1.82, 2.24) is 0 Å². The summed E-state index contributed by atoms with van der Waals surface area (Å²) in [5.41, 5.74) is 0. The maximum absolute atomic E-state index is 12.1. The van der Waals surface area contributed by atoms with Gasteiger partial charge in [0.15, 0.2) is 16.6 Å². The minimum atomic E-state index is -2.12. The molecule has 36 heavy (non-hydrogen) atoms. The van der Waals surface area contributed by atoms with Gasteiger partial charge in [0.25, 0.3) is 0 Å². The van der Waals surface area contributed by atoms with Crippen LogP contribution in [0.2, 0.25) is 36.3 Å². The van der Waals surface area contributed by atoms with Crippen LogP contribution in [0.15, 0.2) is 37.5 Å². The second-order valence-corrected chi connectivity index (χ2v) is 21.2. The molecule has 0 N–H and O–H groups in total. The minimum absolute atomic E-state index is 0.0256. The van der Waals surface area contributed by atoms with Gasteiger partial charge in [-0.1, -0.05) is 66.9 Å². The molecule has 0 spiro atoms. The number of carbonyl (C=O) groups is 2. The van der Waals surface area contributed by atoms with E-state index in [4.69, 9.17) is 27.8 Å². The van der Waals surface area contributed by atoms with Gasteiger partial charge in [-0.2, -0.15) is 0 Å². The normalized spacial score (nSPS) is 14.6. The lowest BCUT2D eigenvalue weighted by atomic mass is 10.2. The molecular weight excluding hydrogens is 496 g/mol. The van der Waals surface area contributed by atoms with E-state index < -0.39 is 41.2 Å². The van der Waals surface area contributed by atoms with Crippen molar-refractivity contribution in [2.24, 2.45) is 0 Å². The zero-order chi connectivity index (χ0) is 28.2. The number of carbonyl (C=O) groups excluding carboxylic acids is 2. The van der Waals surface area contributed by atoms with Crippen molar-refractivity contribution in [2.45, 2.75) is 90.0 Å². The molecule has 0 aromatic heterocycles. The van der Waals surface area contributed by atoms with Gasteiger partial charge in [-0.05, 0) is 48.4 Å². The fourth-order valence-corrected chi connectivity index (χ4v) is 4.12. The van der Waals surface area contributed by atoms with E-state index in [2.05, 4.69) is 80.9 Å². The van der Waals surface area contributed by atoms with Gasteiger partial charge in [0.2, 0.25) is 0 Å². The molecule has 0 fully saturated rings. The summed E-state index contributed by atoms with van der Waals surface area (Å²) in [6.07, 6.45) is 2.95. The van der Waals surface area contributed by atoms with Crippen LogP contribution in [0.5, 0.6) is 0 Å². The highest BCUT2D eigenvalue weighted by molar-refractivity contribution is 6.74. The highest BCUT2D eigenvalue weighted by Crippen LogP contribution is 2.37. The van der Waals surface area contributed by atoms with E-state index in [9.17, 15) is 9.59 Å². The SMILES string of the molecule is C=CCOC(=O)O[C@@H](C=C[C@@H](CO[Si](C)(C)C(C)(C)C)OC(=O)OCC=C)CO[Si](C)(C)C(C)(C)C. The van der Waals surface area contributed by atoms with E-state index in [1.54, 1.807) is 12.2 Å². The maximum Gasteiger partial charge on any atom is 0.509 e. The van der Waals surface area contributed by atoms with Gasteiger partial charge in [-0.25, -0.2) is 9.59 Å². The van der Waals surface area contributed by atoms with Gasteiger partial charge < -0.3 is 27.8 Å². The molecule has 0 bridgehead atoms. The number of rotatable bonds is 14. The number of hydrogen-bond acceptors (Lipinski definition) is 8. The van der Waals surface area contributed by atoms with Crippen molar-refractivity contribution in [3.63, 3.8) is 0 Å². The fraction of sp³-hybridized carbons (Fsp3) is 0.692. The summed E-state index contributed by atoms with van der Waals surface area (Å²) in [4.78, 5) is 24.3. The second-order valence-electron chi connectivity index (χ2n) is 11.5. The lowest BCUT2D eigenvalue weighted by molar-refractivity contribution is 0.0209. The average Bonchev–Trinajstić information content (AvgIpc) is 2.74. The standard InChI is InChI=1S/C26H48O8Si2/c1-13-17-29-23(27)33-21(19-31-35(9,10)25(3,4)5)15-16-22(34-24(28)30-18-14-2)20-32-36(11,12)26(6,7)8/h13-16,21-22H,1-2,17-20H2,3-12H3/t21-,22-/m0/s1. The summed E-state index contributed by atoms with van der Waals surface area (Å²) >= 11 is 0. The number of ether oxygens (including phenoxy) is 4. The first-order valence-electron chi connectivity index (χ1n) is 12.2. The van der Waals surface area contributed by atoms with Crippen molar-refractivity contribution >= 4 is 28.9 Å². The van der Waals surface area contributed by atoms with E-state index in [0.29, 0.717) is 0 Å². The quantitative estimate of drug-likeness (QED) is 0.131. The monoisotopic (exact) mass is 544 g/mol. The molecule has 0 aliphatic carbocycles. The van der Waals surface area contributed by atoms with E-state index in [1.807, 2.05) is 0 Å². The van der Waals surface area contributed by atoms with Gasteiger partial charge in [-0.3, -0.25) is 0 Å². The van der Waals surface area contributed by atoms with Gasteiger partial charge in [-0.15, -0.1) is 0 Å². The van der Waals surface area contributed by atoms with Crippen LogP contribution in [0, 0.1) is 0 Å². The summed E-state index contributed by atoms with van der Waals surface area (Å²) in [5.74, 6) is 0. The Morgan fingerprint density at radius 3 is 1.25 bits per heavy atom. The molecule has 2 atom stereocenters. The van der Waals surface area contributed by atoms with Crippen LogP contribution >= 0.6 is 0 Å². The molecule has 0 unspecified atom stereocenters. The van der Waals surface area contributed by atoms with Gasteiger partial charge >= 0.3 is 12.3 Å². The Balaban J connectivity index is 5.73.